The van der Waals surface area contributed by atoms with E-state index in [1.54, 1.807) is 12.1 Å². The Morgan fingerprint density at radius 3 is 2.84 bits per heavy atom. The molecule has 2 heterocycles. The number of rotatable bonds is 5. The van der Waals surface area contributed by atoms with E-state index in [0.29, 0.717) is 28.7 Å². The van der Waals surface area contributed by atoms with Crippen LogP contribution in [0.4, 0.5) is 15.2 Å². The summed E-state index contributed by atoms with van der Waals surface area (Å²) < 4.78 is 13.9. The fourth-order valence-corrected chi connectivity index (χ4v) is 4.76. The quantitative estimate of drug-likeness (QED) is 0.784. The smallest absolute Gasteiger partial charge is 0.233 e. The number of anilines is 2. The predicted octanol–water partition coefficient (Wildman–Crippen LogP) is 4.30. The minimum absolute atomic E-state index is 0.152. The summed E-state index contributed by atoms with van der Waals surface area (Å²) >= 11 is 2.76. The van der Waals surface area contributed by atoms with E-state index in [9.17, 15) is 9.18 Å². The lowest BCUT2D eigenvalue weighted by molar-refractivity contribution is -0.134. The van der Waals surface area contributed by atoms with Crippen molar-refractivity contribution in [3.63, 3.8) is 0 Å². The molecule has 0 saturated carbocycles. The monoisotopic (exact) mass is 380 g/mol. The van der Waals surface area contributed by atoms with Gasteiger partial charge in [0, 0.05) is 17.8 Å². The first-order valence-corrected chi connectivity index (χ1v) is 10.1. The lowest BCUT2D eigenvalue weighted by Crippen LogP contribution is -2.48. The Balaban J connectivity index is 1.55. The zero-order valence-electron chi connectivity index (χ0n) is 14.2. The first-order valence-electron chi connectivity index (χ1n) is 8.33. The minimum Gasteiger partial charge on any atom is -0.337 e. The first-order chi connectivity index (χ1) is 12.0. The Morgan fingerprint density at radius 2 is 2.12 bits per heavy atom. The number of piperidine rings is 1. The molecule has 0 unspecified atom stereocenters. The normalized spacial score (nSPS) is 20.5. The summed E-state index contributed by atoms with van der Waals surface area (Å²) in [5.41, 5.74) is 0.625. The standard InChI is InChI=1S/C17H21FN4OS2/c1-11-5-3-6-12(2)22(11)15(23)10-24-17-21-20-16(25-17)19-14-8-4-7-13(18)9-14/h4,7-9,11-12H,3,5-6,10H2,1-2H3,(H,19,20)/t11-,12-/m0/s1. The van der Waals surface area contributed by atoms with Crippen LogP contribution in [0.25, 0.3) is 0 Å². The molecule has 1 aliphatic rings. The zero-order chi connectivity index (χ0) is 17.8. The van der Waals surface area contributed by atoms with Gasteiger partial charge >= 0.3 is 0 Å². The molecule has 25 heavy (non-hydrogen) atoms. The van der Waals surface area contributed by atoms with Crippen LogP contribution in [-0.2, 0) is 4.79 Å². The number of benzene rings is 1. The summed E-state index contributed by atoms with van der Waals surface area (Å²) in [6, 6.07) is 6.79. The van der Waals surface area contributed by atoms with Gasteiger partial charge in [0.05, 0.1) is 5.75 Å². The molecule has 0 bridgehead atoms. The number of thioether (sulfide) groups is 1. The van der Waals surface area contributed by atoms with Crippen LogP contribution in [-0.4, -0.2) is 38.8 Å². The molecule has 1 aliphatic heterocycles. The summed E-state index contributed by atoms with van der Waals surface area (Å²) in [5, 5.41) is 11.8. The number of halogens is 1. The molecule has 1 saturated heterocycles. The number of aromatic nitrogens is 2. The molecule has 5 nitrogen and oxygen atoms in total. The number of likely N-dealkylation sites (tertiary alicyclic amines) is 1. The van der Waals surface area contributed by atoms with Gasteiger partial charge in [0.15, 0.2) is 4.34 Å². The maximum absolute atomic E-state index is 13.2. The predicted molar refractivity (Wildman–Crippen MR) is 99.9 cm³/mol. The molecule has 2 atom stereocenters. The summed E-state index contributed by atoms with van der Waals surface area (Å²) in [6.45, 7) is 4.23. The van der Waals surface area contributed by atoms with E-state index >= 15 is 0 Å². The molecule has 2 aromatic rings. The Morgan fingerprint density at radius 1 is 1.36 bits per heavy atom. The summed E-state index contributed by atoms with van der Waals surface area (Å²) in [7, 11) is 0. The van der Waals surface area contributed by atoms with Crippen LogP contribution in [0.3, 0.4) is 0 Å². The highest BCUT2D eigenvalue weighted by Crippen LogP contribution is 2.29. The van der Waals surface area contributed by atoms with Gasteiger partial charge in [-0.3, -0.25) is 4.79 Å². The SMILES string of the molecule is C[C@H]1CCC[C@H](C)N1C(=O)CSc1nnc(Nc2cccc(F)c2)s1. The van der Waals surface area contributed by atoms with Crippen molar-refractivity contribution in [2.24, 2.45) is 0 Å². The molecule has 1 amide bonds. The maximum Gasteiger partial charge on any atom is 0.233 e. The molecule has 1 aromatic carbocycles. The molecule has 8 heteroatoms. The van der Waals surface area contributed by atoms with E-state index in [4.69, 9.17) is 0 Å². The van der Waals surface area contributed by atoms with Gasteiger partial charge in [-0.05, 0) is 51.3 Å². The van der Waals surface area contributed by atoms with Crippen molar-refractivity contribution in [3.05, 3.63) is 30.1 Å². The van der Waals surface area contributed by atoms with Crippen molar-refractivity contribution < 1.29 is 9.18 Å². The van der Waals surface area contributed by atoms with Gasteiger partial charge in [0.2, 0.25) is 11.0 Å². The summed E-state index contributed by atoms with van der Waals surface area (Å²) in [4.78, 5) is 14.5. The van der Waals surface area contributed by atoms with Gasteiger partial charge in [-0.2, -0.15) is 0 Å². The van der Waals surface area contributed by atoms with E-state index in [0.717, 1.165) is 17.2 Å². The van der Waals surface area contributed by atoms with Crippen LogP contribution >= 0.6 is 23.1 Å². The third-order valence-corrected chi connectivity index (χ3v) is 6.24. The number of nitrogens with one attached hydrogen (secondary N) is 1. The third-order valence-electron chi connectivity index (χ3n) is 4.28. The maximum atomic E-state index is 13.2. The average molecular weight is 381 g/mol. The Bertz CT molecular complexity index is 729. The third kappa shape index (κ3) is 4.70. The second-order valence-corrected chi connectivity index (χ2v) is 8.43. The van der Waals surface area contributed by atoms with Crippen molar-refractivity contribution in [2.75, 3.05) is 11.1 Å². The fourth-order valence-electron chi connectivity index (χ4n) is 3.12. The van der Waals surface area contributed by atoms with E-state index in [1.807, 2.05) is 4.90 Å². The van der Waals surface area contributed by atoms with Crippen molar-refractivity contribution in [1.29, 1.82) is 0 Å². The Hall–Kier alpha value is -1.67. The average Bonchev–Trinajstić information content (AvgIpc) is 3.00. The van der Waals surface area contributed by atoms with Crippen molar-refractivity contribution in [2.45, 2.75) is 49.5 Å². The van der Waals surface area contributed by atoms with Gasteiger partial charge in [-0.1, -0.05) is 29.2 Å². The topological polar surface area (TPSA) is 58.1 Å². The number of amides is 1. The van der Waals surface area contributed by atoms with Gasteiger partial charge in [-0.15, -0.1) is 10.2 Å². The van der Waals surface area contributed by atoms with E-state index in [1.165, 1.54) is 41.7 Å². The molecule has 134 valence electrons. The van der Waals surface area contributed by atoms with Crippen LogP contribution in [0.15, 0.2) is 28.6 Å². The highest BCUT2D eigenvalue weighted by Gasteiger charge is 2.28. The Labute approximate surface area is 155 Å². The molecular weight excluding hydrogens is 359 g/mol. The molecule has 1 aromatic heterocycles. The van der Waals surface area contributed by atoms with Crippen molar-refractivity contribution in [1.82, 2.24) is 15.1 Å². The number of nitrogens with zero attached hydrogens (tertiary/aromatic N) is 3. The van der Waals surface area contributed by atoms with E-state index in [-0.39, 0.29) is 11.7 Å². The van der Waals surface area contributed by atoms with Crippen LogP contribution in [0.5, 0.6) is 0 Å². The first kappa shape index (κ1) is 18.1. The molecule has 0 spiro atoms. The minimum atomic E-state index is -0.306. The zero-order valence-corrected chi connectivity index (χ0v) is 15.9. The molecular formula is C17H21FN4OS2. The van der Waals surface area contributed by atoms with E-state index in [2.05, 4.69) is 29.4 Å². The highest BCUT2D eigenvalue weighted by molar-refractivity contribution is 8.01. The van der Waals surface area contributed by atoms with E-state index < -0.39 is 0 Å². The van der Waals surface area contributed by atoms with Gasteiger partial charge in [0.25, 0.3) is 0 Å². The largest absolute Gasteiger partial charge is 0.337 e. The van der Waals surface area contributed by atoms with Crippen LogP contribution in [0.1, 0.15) is 33.1 Å². The number of carbonyl (C=O) groups is 1. The van der Waals surface area contributed by atoms with Gasteiger partial charge in [-0.25, -0.2) is 4.39 Å². The lowest BCUT2D eigenvalue weighted by atomic mass is 9.98. The van der Waals surface area contributed by atoms with Crippen LogP contribution in [0, 0.1) is 5.82 Å². The summed E-state index contributed by atoms with van der Waals surface area (Å²) in [5.74, 6) is 0.211. The van der Waals surface area contributed by atoms with Gasteiger partial charge < -0.3 is 10.2 Å². The molecule has 0 radical (unpaired) electrons. The molecule has 0 aliphatic carbocycles. The van der Waals surface area contributed by atoms with Crippen molar-refractivity contribution in [3.8, 4) is 0 Å². The second-order valence-electron chi connectivity index (χ2n) is 6.23. The molecule has 1 N–H and O–H groups in total. The number of hydrogen-bond donors (Lipinski definition) is 1. The van der Waals surface area contributed by atoms with Crippen molar-refractivity contribution >= 4 is 39.8 Å². The number of hydrogen-bond acceptors (Lipinski definition) is 6. The van der Waals surface area contributed by atoms with Crippen LogP contribution in [0.2, 0.25) is 0 Å². The van der Waals surface area contributed by atoms with Crippen LogP contribution < -0.4 is 5.32 Å². The number of carbonyl (C=O) groups excluding carboxylic acids is 1. The summed E-state index contributed by atoms with van der Waals surface area (Å²) in [6.07, 6.45) is 3.33. The lowest BCUT2D eigenvalue weighted by Gasteiger charge is -2.39. The Kier molecular flexibility index (Phi) is 5.90. The second kappa shape index (κ2) is 8.14. The van der Waals surface area contributed by atoms with Gasteiger partial charge in [0.1, 0.15) is 5.82 Å². The molecule has 3 rings (SSSR count). The molecule has 1 fully saturated rings. The fraction of sp³-hybridized carbons (Fsp3) is 0.471. The highest BCUT2D eigenvalue weighted by atomic mass is 32.2.